The summed E-state index contributed by atoms with van der Waals surface area (Å²) in [5.41, 5.74) is -0.788. The maximum absolute atomic E-state index is 13.0. The Morgan fingerprint density at radius 2 is 1.95 bits per heavy atom. The third-order valence-corrected chi connectivity index (χ3v) is 3.83. The minimum Gasteiger partial charge on any atom is -0.371 e. The molecular weight excluding hydrogens is 289 g/mol. The summed E-state index contributed by atoms with van der Waals surface area (Å²) in [5, 5.41) is 3.32. The molecule has 0 spiro atoms. The Kier molecular flexibility index (Phi) is 6.42. The summed E-state index contributed by atoms with van der Waals surface area (Å²) < 4.78 is 44.6. The van der Waals surface area contributed by atoms with Gasteiger partial charge in [0.2, 0.25) is 0 Å². The maximum Gasteiger partial charge on any atom is 0.434 e. The van der Waals surface area contributed by atoms with Crippen LogP contribution in [-0.2, 0) is 17.5 Å². The standard InChI is InChI=1S/C13H21F3N2OS/c1-5-17-7-9-11(13(14,15)16)18-12(20-9)10(8(3)4)19-6-2/h8,10,17H,5-7H2,1-4H3. The third-order valence-electron chi connectivity index (χ3n) is 2.71. The van der Waals surface area contributed by atoms with Crippen molar-refractivity contribution in [3.63, 3.8) is 0 Å². The molecule has 1 rings (SSSR count). The average Bonchev–Trinajstić information content (AvgIpc) is 2.76. The first-order valence-corrected chi connectivity index (χ1v) is 7.51. The number of rotatable bonds is 7. The van der Waals surface area contributed by atoms with E-state index in [1.807, 2.05) is 27.7 Å². The fourth-order valence-electron chi connectivity index (χ4n) is 1.80. The van der Waals surface area contributed by atoms with Gasteiger partial charge in [0.05, 0.1) is 4.88 Å². The first-order chi connectivity index (χ1) is 9.31. The molecule has 0 aromatic carbocycles. The lowest BCUT2D eigenvalue weighted by Crippen LogP contribution is -2.16. The van der Waals surface area contributed by atoms with Gasteiger partial charge in [0.1, 0.15) is 11.1 Å². The minimum atomic E-state index is -4.42. The van der Waals surface area contributed by atoms with E-state index < -0.39 is 11.9 Å². The largest absolute Gasteiger partial charge is 0.434 e. The molecule has 1 aromatic rings. The summed E-state index contributed by atoms with van der Waals surface area (Å²) in [5.74, 6) is 0.0779. The molecule has 7 heteroatoms. The van der Waals surface area contributed by atoms with Crippen molar-refractivity contribution >= 4 is 11.3 Å². The van der Waals surface area contributed by atoms with Crippen molar-refractivity contribution in [1.29, 1.82) is 0 Å². The van der Waals surface area contributed by atoms with Crippen LogP contribution in [0.15, 0.2) is 0 Å². The number of nitrogens with zero attached hydrogens (tertiary/aromatic N) is 1. The van der Waals surface area contributed by atoms with Crippen LogP contribution in [0.5, 0.6) is 0 Å². The highest BCUT2D eigenvalue weighted by Gasteiger charge is 2.38. The van der Waals surface area contributed by atoms with Gasteiger partial charge in [0, 0.05) is 13.2 Å². The molecule has 0 saturated heterocycles. The molecule has 3 nitrogen and oxygen atoms in total. The van der Waals surface area contributed by atoms with Gasteiger partial charge in [-0.25, -0.2) is 4.98 Å². The van der Waals surface area contributed by atoms with Crippen LogP contribution in [0.1, 0.15) is 49.4 Å². The third kappa shape index (κ3) is 4.43. The van der Waals surface area contributed by atoms with Crippen LogP contribution in [-0.4, -0.2) is 18.1 Å². The topological polar surface area (TPSA) is 34.1 Å². The van der Waals surface area contributed by atoms with Gasteiger partial charge in [-0.3, -0.25) is 0 Å². The summed E-state index contributed by atoms with van der Waals surface area (Å²) in [7, 11) is 0. The van der Waals surface area contributed by atoms with Gasteiger partial charge in [0.15, 0.2) is 5.69 Å². The Morgan fingerprint density at radius 3 is 2.40 bits per heavy atom. The van der Waals surface area contributed by atoms with Gasteiger partial charge in [0.25, 0.3) is 0 Å². The quantitative estimate of drug-likeness (QED) is 0.826. The number of alkyl halides is 3. The van der Waals surface area contributed by atoms with Crippen molar-refractivity contribution in [3.8, 4) is 0 Å². The van der Waals surface area contributed by atoms with Crippen molar-refractivity contribution in [1.82, 2.24) is 10.3 Å². The van der Waals surface area contributed by atoms with Gasteiger partial charge in [-0.2, -0.15) is 13.2 Å². The van der Waals surface area contributed by atoms with E-state index in [-0.39, 0.29) is 23.4 Å². The smallest absolute Gasteiger partial charge is 0.371 e. The Bertz CT molecular complexity index is 418. The predicted octanol–water partition coefficient (Wildman–Crippen LogP) is 4.01. The van der Waals surface area contributed by atoms with Crippen LogP contribution in [0.3, 0.4) is 0 Å². The number of nitrogens with one attached hydrogen (secondary N) is 1. The lowest BCUT2D eigenvalue weighted by atomic mass is 10.1. The average molecular weight is 310 g/mol. The number of hydrogen-bond donors (Lipinski definition) is 1. The molecule has 0 aliphatic heterocycles. The van der Waals surface area contributed by atoms with Gasteiger partial charge >= 0.3 is 6.18 Å². The number of thiazole rings is 1. The fraction of sp³-hybridized carbons (Fsp3) is 0.769. The minimum absolute atomic E-state index is 0.0779. The molecule has 20 heavy (non-hydrogen) atoms. The molecule has 0 fully saturated rings. The van der Waals surface area contributed by atoms with Crippen LogP contribution in [0.2, 0.25) is 0 Å². The molecule has 1 heterocycles. The molecular formula is C13H21F3N2OS. The van der Waals surface area contributed by atoms with Crippen LogP contribution in [0.4, 0.5) is 13.2 Å². The Hall–Kier alpha value is -0.660. The maximum atomic E-state index is 13.0. The van der Waals surface area contributed by atoms with Gasteiger partial charge in [-0.1, -0.05) is 20.8 Å². The van der Waals surface area contributed by atoms with Crippen LogP contribution >= 0.6 is 11.3 Å². The molecule has 116 valence electrons. The lowest BCUT2D eigenvalue weighted by Gasteiger charge is -2.18. The number of ether oxygens (including phenoxy) is 1. The number of aromatic nitrogens is 1. The van der Waals surface area contributed by atoms with E-state index in [1.165, 1.54) is 0 Å². The normalized spacial score (nSPS) is 14.0. The zero-order valence-corrected chi connectivity index (χ0v) is 13.0. The summed E-state index contributed by atoms with van der Waals surface area (Å²) in [4.78, 5) is 4.03. The number of halogens is 3. The Morgan fingerprint density at radius 1 is 1.30 bits per heavy atom. The molecule has 1 atom stereocenters. The molecule has 0 amide bonds. The molecule has 0 bridgehead atoms. The highest BCUT2D eigenvalue weighted by atomic mass is 32.1. The fourth-order valence-corrected chi connectivity index (χ4v) is 3.08. The van der Waals surface area contributed by atoms with Crippen LogP contribution in [0, 0.1) is 5.92 Å². The highest BCUT2D eigenvalue weighted by Crippen LogP contribution is 2.38. The van der Waals surface area contributed by atoms with Crippen molar-refractivity contribution in [2.75, 3.05) is 13.2 Å². The zero-order valence-electron chi connectivity index (χ0n) is 12.2. The first-order valence-electron chi connectivity index (χ1n) is 6.70. The Labute approximate surface area is 121 Å². The summed E-state index contributed by atoms with van der Waals surface area (Å²) in [6.45, 7) is 8.76. The van der Waals surface area contributed by atoms with E-state index >= 15 is 0 Å². The first kappa shape index (κ1) is 17.4. The van der Waals surface area contributed by atoms with E-state index in [0.717, 1.165) is 11.3 Å². The van der Waals surface area contributed by atoms with Gasteiger partial charge in [-0.15, -0.1) is 11.3 Å². The highest BCUT2D eigenvalue weighted by molar-refractivity contribution is 7.11. The summed E-state index contributed by atoms with van der Waals surface area (Å²) >= 11 is 1.08. The van der Waals surface area contributed by atoms with Crippen LogP contribution < -0.4 is 5.32 Å². The second-order valence-corrected chi connectivity index (χ2v) is 5.84. The van der Waals surface area contributed by atoms with E-state index in [4.69, 9.17) is 4.74 Å². The Balaban J connectivity index is 3.12. The van der Waals surface area contributed by atoms with E-state index in [9.17, 15) is 13.2 Å². The molecule has 0 saturated carbocycles. The van der Waals surface area contributed by atoms with Crippen molar-refractivity contribution < 1.29 is 17.9 Å². The molecule has 0 radical (unpaired) electrons. The molecule has 0 aliphatic rings. The summed E-state index contributed by atoms with van der Waals surface area (Å²) in [6.07, 6.45) is -4.81. The molecule has 1 unspecified atom stereocenters. The predicted molar refractivity (Wildman–Crippen MR) is 73.7 cm³/mol. The van der Waals surface area contributed by atoms with E-state index in [2.05, 4.69) is 10.3 Å². The molecule has 1 N–H and O–H groups in total. The second-order valence-electron chi connectivity index (χ2n) is 4.72. The van der Waals surface area contributed by atoms with Gasteiger partial charge in [-0.05, 0) is 19.4 Å². The molecule has 1 aromatic heterocycles. The second kappa shape index (κ2) is 7.38. The monoisotopic (exact) mass is 310 g/mol. The SMILES string of the molecule is CCNCc1sc(C(OCC)C(C)C)nc1C(F)(F)F. The lowest BCUT2D eigenvalue weighted by molar-refractivity contribution is -0.141. The van der Waals surface area contributed by atoms with Crippen LogP contribution in [0.25, 0.3) is 0 Å². The van der Waals surface area contributed by atoms with Crippen molar-refractivity contribution in [3.05, 3.63) is 15.6 Å². The molecule has 0 aliphatic carbocycles. The van der Waals surface area contributed by atoms with Crippen molar-refractivity contribution in [2.45, 2.75) is 46.5 Å². The summed E-state index contributed by atoms with van der Waals surface area (Å²) in [6, 6.07) is 0. The van der Waals surface area contributed by atoms with Gasteiger partial charge < -0.3 is 10.1 Å². The number of hydrogen-bond acceptors (Lipinski definition) is 4. The van der Waals surface area contributed by atoms with E-state index in [0.29, 0.717) is 18.2 Å². The van der Waals surface area contributed by atoms with Crippen molar-refractivity contribution in [2.24, 2.45) is 5.92 Å². The van der Waals surface area contributed by atoms with E-state index in [1.54, 1.807) is 0 Å². The zero-order chi connectivity index (χ0) is 15.3.